The molecule has 1 aromatic heterocycles. The maximum Gasteiger partial charge on any atom is 0.183 e. The highest BCUT2D eigenvalue weighted by molar-refractivity contribution is 5.80. The molecule has 12 heavy (non-hydrogen) atoms. The van der Waals surface area contributed by atoms with Crippen LogP contribution in [0, 0.1) is 6.92 Å². The highest BCUT2D eigenvalue weighted by Crippen LogP contribution is 2.24. The maximum absolute atomic E-state index is 11.2. The van der Waals surface area contributed by atoms with Gasteiger partial charge in [-0.2, -0.15) is 0 Å². The van der Waals surface area contributed by atoms with Crippen LogP contribution >= 0.6 is 0 Å². The van der Waals surface area contributed by atoms with E-state index < -0.39 is 0 Å². The molecule has 2 rings (SSSR count). The van der Waals surface area contributed by atoms with Crippen LogP contribution < -0.4 is 0 Å². The molecule has 3 heteroatoms. The molecule has 0 spiro atoms. The highest BCUT2D eigenvalue weighted by atomic mass is 16.3. The molecular formula is C9H9N2O. The van der Waals surface area contributed by atoms with Crippen molar-refractivity contribution in [2.24, 2.45) is 7.05 Å². The molecule has 0 atom stereocenters. The van der Waals surface area contributed by atoms with Gasteiger partial charge >= 0.3 is 0 Å². The fourth-order valence-electron chi connectivity index (χ4n) is 1.32. The van der Waals surface area contributed by atoms with Gasteiger partial charge < -0.3 is 4.57 Å². The predicted molar refractivity (Wildman–Crippen MR) is 45.6 cm³/mol. The molecule has 0 N–H and O–H groups in total. The average Bonchev–Trinajstić information content (AvgIpc) is 2.41. The zero-order chi connectivity index (χ0) is 8.72. The van der Waals surface area contributed by atoms with E-state index in [-0.39, 0.29) is 5.75 Å². The van der Waals surface area contributed by atoms with Crippen molar-refractivity contribution >= 4 is 11.0 Å². The largest absolute Gasteiger partial charge is 0.334 e. The van der Waals surface area contributed by atoms with Crippen LogP contribution in [0.25, 0.3) is 11.0 Å². The summed E-state index contributed by atoms with van der Waals surface area (Å²) < 4.78 is 1.90. The average molecular weight is 161 g/mol. The van der Waals surface area contributed by atoms with Gasteiger partial charge in [-0.15, -0.1) is 0 Å². The van der Waals surface area contributed by atoms with Crippen LogP contribution in [0.2, 0.25) is 0 Å². The van der Waals surface area contributed by atoms with Gasteiger partial charge in [0.2, 0.25) is 0 Å². The monoisotopic (exact) mass is 161 g/mol. The van der Waals surface area contributed by atoms with Crippen LogP contribution in [0.15, 0.2) is 18.5 Å². The minimum atomic E-state index is 0.0567. The summed E-state index contributed by atoms with van der Waals surface area (Å²) in [5, 5.41) is 11.2. The number of aromatic nitrogens is 2. The summed E-state index contributed by atoms with van der Waals surface area (Å²) in [5.41, 5.74) is 2.55. The van der Waals surface area contributed by atoms with Crippen molar-refractivity contribution in [1.82, 2.24) is 9.55 Å². The Morgan fingerprint density at radius 1 is 1.42 bits per heavy atom. The van der Waals surface area contributed by atoms with Crippen molar-refractivity contribution < 1.29 is 5.11 Å². The van der Waals surface area contributed by atoms with E-state index in [9.17, 15) is 5.11 Å². The smallest absolute Gasteiger partial charge is 0.183 e. The lowest BCUT2D eigenvalue weighted by Crippen LogP contribution is -1.83. The van der Waals surface area contributed by atoms with Gasteiger partial charge in [0.05, 0.1) is 17.4 Å². The lowest BCUT2D eigenvalue weighted by atomic mass is 10.2. The van der Waals surface area contributed by atoms with Gasteiger partial charge in [0.15, 0.2) is 5.75 Å². The summed E-state index contributed by atoms with van der Waals surface area (Å²) in [6, 6.07) is 3.39. The van der Waals surface area contributed by atoms with E-state index in [1.807, 2.05) is 11.6 Å². The number of hydrogen-bond acceptors (Lipinski definition) is 1. The van der Waals surface area contributed by atoms with Crippen LogP contribution in [0.4, 0.5) is 0 Å². The second-order valence-electron chi connectivity index (χ2n) is 2.91. The molecule has 0 aliphatic carbocycles. The number of fused-ring (bicyclic) bond motifs is 1. The van der Waals surface area contributed by atoms with E-state index in [2.05, 4.69) is 4.98 Å². The molecule has 0 amide bonds. The van der Waals surface area contributed by atoms with Crippen molar-refractivity contribution in [2.75, 3.05) is 0 Å². The number of benzene rings is 1. The van der Waals surface area contributed by atoms with Gasteiger partial charge in [0.1, 0.15) is 0 Å². The van der Waals surface area contributed by atoms with Gasteiger partial charge in [0.25, 0.3) is 0 Å². The first-order valence-corrected chi connectivity index (χ1v) is 3.78. The first kappa shape index (κ1) is 7.16. The van der Waals surface area contributed by atoms with Gasteiger partial charge in [0, 0.05) is 12.6 Å². The second-order valence-corrected chi connectivity index (χ2v) is 2.91. The molecule has 1 radical (unpaired) electrons. The van der Waals surface area contributed by atoms with Crippen molar-refractivity contribution in [2.45, 2.75) is 6.92 Å². The molecule has 0 aliphatic rings. The van der Waals surface area contributed by atoms with Crippen LogP contribution in [-0.2, 0) is 12.2 Å². The molecular weight excluding hydrogens is 152 g/mol. The molecule has 0 aliphatic heterocycles. The maximum atomic E-state index is 11.2. The Morgan fingerprint density at radius 2 is 2.17 bits per heavy atom. The zero-order valence-electron chi connectivity index (χ0n) is 7.03. The fourth-order valence-corrected chi connectivity index (χ4v) is 1.32. The van der Waals surface area contributed by atoms with E-state index >= 15 is 0 Å². The standard InChI is InChI=1S/C9H9N2O/c1-6-8(12)4-3-7-9(6)10-5-11(7)2/h3-5H,1-2H3. The minimum Gasteiger partial charge on any atom is -0.334 e. The first-order valence-electron chi connectivity index (χ1n) is 3.78. The zero-order valence-corrected chi connectivity index (χ0v) is 7.03. The molecule has 0 saturated heterocycles. The van der Waals surface area contributed by atoms with E-state index in [0.29, 0.717) is 0 Å². The Kier molecular flexibility index (Phi) is 1.33. The van der Waals surface area contributed by atoms with Crippen LogP contribution in [-0.4, -0.2) is 9.55 Å². The molecule has 1 aromatic carbocycles. The number of rotatable bonds is 0. The number of imidazole rings is 1. The van der Waals surface area contributed by atoms with Crippen LogP contribution in [0.3, 0.4) is 0 Å². The second kappa shape index (κ2) is 2.24. The molecule has 61 valence electrons. The normalized spacial score (nSPS) is 10.8. The van der Waals surface area contributed by atoms with E-state index in [1.54, 1.807) is 25.4 Å². The van der Waals surface area contributed by atoms with Crippen molar-refractivity contribution in [3.8, 4) is 5.75 Å². The summed E-state index contributed by atoms with van der Waals surface area (Å²) >= 11 is 0. The molecule has 0 bridgehead atoms. The molecule has 1 heterocycles. The topological polar surface area (TPSA) is 37.7 Å². The third-order valence-electron chi connectivity index (χ3n) is 2.10. The summed E-state index contributed by atoms with van der Waals surface area (Å²) in [6.07, 6.45) is 1.72. The third-order valence-corrected chi connectivity index (χ3v) is 2.10. The Morgan fingerprint density at radius 3 is 2.92 bits per heavy atom. The van der Waals surface area contributed by atoms with E-state index in [0.717, 1.165) is 16.6 Å². The Bertz CT molecular complexity index is 431. The van der Waals surface area contributed by atoms with Crippen molar-refractivity contribution in [3.63, 3.8) is 0 Å². The third kappa shape index (κ3) is 0.794. The van der Waals surface area contributed by atoms with Gasteiger partial charge in [-0.05, 0) is 19.1 Å². The lowest BCUT2D eigenvalue weighted by molar-refractivity contribution is 0.352. The highest BCUT2D eigenvalue weighted by Gasteiger charge is 2.06. The summed E-state index contributed by atoms with van der Waals surface area (Å²) in [5.74, 6) is 0.0567. The fraction of sp³-hybridized carbons (Fsp3) is 0.222. The summed E-state index contributed by atoms with van der Waals surface area (Å²) in [6.45, 7) is 1.80. The minimum absolute atomic E-state index is 0.0567. The molecule has 0 saturated carbocycles. The van der Waals surface area contributed by atoms with E-state index in [4.69, 9.17) is 0 Å². The predicted octanol–water partition coefficient (Wildman–Crippen LogP) is 2.03. The Hall–Kier alpha value is -1.51. The van der Waals surface area contributed by atoms with Gasteiger partial charge in [-0.1, -0.05) is 0 Å². The molecule has 2 aromatic rings. The molecule has 0 fully saturated rings. The van der Waals surface area contributed by atoms with Crippen LogP contribution in [0.5, 0.6) is 5.75 Å². The first-order chi connectivity index (χ1) is 5.70. The van der Waals surface area contributed by atoms with Crippen molar-refractivity contribution in [3.05, 3.63) is 24.0 Å². The molecule has 3 nitrogen and oxygen atoms in total. The van der Waals surface area contributed by atoms with Gasteiger partial charge in [-0.3, -0.25) is 5.11 Å². The Balaban J connectivity index is 2.93. The molecule has 0 unspecified atom stereocenters. The summed E-state index contributed by atoms with van der Waals surface area (Å²) in [4.78, 5) is 4.14. The lowest BCUT2D eigenvalue weighted by Gasteiger charge is -1.97. The van der Waals surface area contributed by atoms with E-state index in [1.165, 1.54) is 0 Å². The van der Waals surface area contributed by atoms with Gasteiger partial charge in [-0.25, -0.2) is 4.98 Å². The van der Waals surface area contributed by atoms with Crippen molar-refractivity contribution in [1.29, 1.82) is 0 Å². The van der Waals surface area contributed by atoms with Crippen LogP contribution in [0.1, 0.15) is 5.56 Å². The quantitative estimate of drug-likeness (QED) is 0.582. The number of hydrogen-bond donors (Lipinski definition) is 0. The summed E-state index contributed by atoms with van der Waals surface area (Å²) in [7, 11) is 1.92. The number of aryl methyl sites for hydroxylation is 2. The number of nitrogens with zero attached hydrogens (tertiary/aromatic N) is 2. The SMILES string of the molecule is Cc1c([O])ccc2c1ncn2C. The Labute approximate surface area is 70.3 Å².